The van der Waals surface area contributed by atoms with Gasteiger partial charge in [0.2, 0.25) is 11.4 Å². The molecule has 0 aromatic heterocycles. The van der Waals surface area contributed by atoms with Crippen molar-refractivity contribution < 1.29 is 46.7 Å². The van der Waals surface area contributed by atoms with Crippen LogP contribution < -0.4 is 15.1 Å². The minimum Gasteiger partial charge on any atom is -0.480 e. The summed E-state index contributed by atoms with van der Waals surface area (Å²) in [6.07, 6.45) is 2.79. The number of amides is 1. The van der Waals surface area contributed by atoms with Crippen molar-refractivity contribution >= 4 is 39.3 Å². The number of allylic oxidation sites excluding steroid dienone is 2. The van der Waals surface area contributed by atoms with Gasteiger partial charge in [-0.1, -0.05) is 23.8 Å². The maximum Gasteiger partial charge on any atom is 0.331 e. The second-order valence-corrected chi connectivity index (χ2v) is 11.5. The van der Waals surface area contributed by atoms with Crippen LogP contribution in [0.25, 0.3) is 0 Å². The van der Waals surface area contributed by atoms with Crippen LogP contribution in [-0.2, 0) is 34.7 Å². The number of hydrogen-bond donors (Lipinski definition) is 4. The number of aliphatic carboxylic acids is 2. The van der Waals surface area contributed by atoms with Gasteiger partial charge in [-0.2, -0.15) is 8.42 Å². The Bertz CT molecular complexity index is 1520. The number of nitrogens with one attached hydrogen (secondary N) is 1. The molecule has 2 atom stereocenters. The van der Waals surface area contributed by atoms with Gasteiger partial charge in [0.25, 0.3) is 0 Å². The quantitative estimate of drug-likeness (QED) is 0.356. The minimum absolute atomic E-state index is 0.0247. The van der Waals surface area contributed by atoms with Crippen LogP contribution in [0.1, 0.15) is 18.9 Å². The second kappa shape index (κ2) is 12.3. The average Bonchev–Trinajstić information content (AvgIpc) is 3.36. The monoisotopic (exact) mass is 603 g/mol. The van der Waals surface area contributed by atoms with E-state index in [0.29, 0.717) is 30.0 Å². The van der Waals surface area contributed by atoms with Crippen molar-refractivity contribution in [2.75, 3.05) is 42.6 Å². The lowest BCUT2D eigenvalue weighted by atomic mass is 9.71. The molecule has 2 unspecified atom stereocenters. The number of benzene rings is 2. The van der Waals surface area contributed by atoms with Gasteiger partial charge >= 0.3 is 22.1 Å². The summed E-state index contributed by atoms with van der Waals surface area (Å²) in [7, 11) is -4.40. The van der Waals surface area contributed by atoms with Crippen molar-refractivity contribution in [3.63, 3.8) is 0 Å². The van der Waals surface area contributed by atoms with E-state index in [-0.39, 0.29) is 18.5 Å². The third kappa shape index (κ3) is 6.78. The van der Waals surface area contributed by atoms with Crippen LogP contribution in [0, 0.1) is 5.82 Å². The number of carbonyl (C=O) groups excluding carboxylic acids is 1. The molecule has 14 heteroatoms. The van der Waals surface area contributed by atoms with E-state index in [1.54, 1.807) is 19.1 Å². The Morgan fingerprint density at radius 1 is 1.02 bits per heavy atom. The molecule has 2 saturated heterocycles. The Balaban J connectivity index is 0.000000194. The molecule has 0 spiro atoms. The number of carboxylic acid groups (broad SMARTS) is 2. The van der Waals surface area contributed by atoms with E-state index in [1.165, 1.54) is 41.3 Å². The molecule has 5 rings (SSSR count). The van der Waals surface area contributed by atoms with Gasteiger partial charge in [-0.05, 0) is 55.0 Å². The lowest BCUT2D eigenvalue weighted by molar-refractivity contribution is -0.142. The van der Waals surface area contributed by atoms with E-state index in [9.17, 15) is 36.9 Å². The van der Waals surface area contributed by atoms with Crippen molar-refractivity contribution in [2.24, 2.45) is 0 Å². The third-order valence-electron chi connectivity index (χ3n) is 7.08. The molecule has 1 amide bonds. The van der Waals surface area contributed by atoms with Gasteiger partial charge in [0.15, 0.2) is 0 Å². The SMILES string of the molecule is CC1=CC(C(=O)O)(c2ccc(F)cc2)CC(C(=O)O)=C1.O=C1CN(c2ccc(N3CCOCC3)cc2)C(S(=O)(=O)O)N1. The Morgan fingerprint density at radius 2 is 1.62 bits per heavy atom. The van der Waals surface area contributed by atoms with Crippen molar-refractivity contribution in [1.82, 2.24) is 5.32 Å². The van der Waals surface area contributed by atoms with E-state index >= 15 is 0 Å². The first-order valence-corrected chi connectivity index (χ1v) is 14.4. The first-order chi connectivity index (χ1) is 19.8. The normalized spacial score (nSPS) is 22.4. The van der Waals surface area contributed by atoms with E-state index in [2.05, 4.69) is 10.2 Å². The van der Waals surface area contributed by atoms with Crippen molar-refractivity contribution in [3.05, 3.63) is 83.2 Å². The van der Waals surface area contributed by atoms with E-state index in [0.717, 1.165) is 18.8 Å². The predicted octanol–water partition coefficient (Wildman–Crippen LogP) is 2.14. The van der Waals surface area contributed by atoms with Crippen molar-refractivity contribution in [1.29, 1.82) is 0 Å². The van der Waals surface area contributed by atoms with Gasteiger partial charge in [0, 0.05) is 36.5 Å². The fraction of sp³-hybridized carbons (Fsp3) is 0.321. The number of anilines is 2. The molecule has 2 heterocycles. The van der Waals surface area contributed by atoms with Gasteiger partial charge in [0.05, 0.1) is 19.8 Å². The summed E-state index contributed by atoms with van der Waals surface area (Å²) >= 11 is 0. The molecule has 0 radical (unpaired) electrons. The van der Waals surface area contributed by atoms with E-state index < -0.39 is 44.7 Å². The molecular weight excluding hydrogens is 573 g/mol. The summed E-state index contributed by atoms with van der Waals surface area (Å²) in [6.45, 7) is 4.49. The highest BCUT2D eigenvalue weighted by Gasteiger charge is 2.42. The lowest BCUT2D eigenvalue weighted by Gasteiger charge is -2.30. The van der Waals surface area contributed by atoms with Crippen LogP contribution in [0.3, 0.4) is 0 Å². The molecule has 2 aliphatic heterocycles. The maximum absolute atomic E-state index is 13.0. The smallest absolute Gasteiger partial charge is 0.331 e. The summed E-state index contributed by atoms with van der Waals surface area (Å²) in [5.74, 6) is -3.22. The lowest BCUT2D eigenvalue weighted by Crippen LogP contribution is -2.42. The van der Waals surface area contributed by atoms with Crippen LogP contribution in [0.2, 0.25) is 0 Å². The third-order valence-corrected chi connectivity index (χ3v) is 8.02. The fourth-order valence-corrected chi connectivity index (χ4v) is 5.87. The molecule has 2 fully saturated rings. The first-order valence-electron chi connectivity index (χ1n) is 12.9. The standard InChI is InChI=1S/C15H13FO4.C13H17N3O5S/c1-9-6-10(13(17)18)8-15(7-9,14(19)20)11-2-4-12(16)5-3-11;17-12-9-16(13(14-12)22(18,19)20)11-3-1-10(2-4-11)15-5-7-21-8-6-15/h2-7H,8H2,1H3,(H,17,18)(H,19,20);1-4,13H,5-9H2,(H,14,17)(H,18,19,20). The zero-order chi connectivity index (χ0) is 30.7. The van der Waals surface area contributed by atoms with Crippen LogP contribution in [-0.4, -0.2) is 79.4 Å². The molecule has 2 aromatic rings. The van der Waals surface area contributed by atoms with Crippen LogP contribution in [0.15, 0.2) is 71.8 Å². The van der Waals surface area contributed by atoms with Crippen molar-refractivity contribution in [3.8, 4) is 0 Å². The number of rotatable bonds is 6. The zero-order valence-electron chi connectivity index (χ0n) is 22.6. The number of carboxylic acids is 2. The number of nitrogens with zero attached hydrogens (tertiary/aromatic N) is 2. The van der Waals surface area contributed by atoms with Crippen LogP contribution in [0.4, 0.5) is 15.8 Å². The van der Waals surface area contributed by atoms with Crippen LogP contribution >= 0.6 is 0 Å². The summed E-state index contributed by atoms with van der Waals surface area (Å²) in [5, 5.41) is 20.9. The van der Waals surface area contributed by atoms with Gasteiger partial charge in [-0.25, -0.2) is 9.18 Å². The molecule has 224 valence electrons. The first kappa shape index (κ1) is 30.7. The Labute approximate surface area is 241 Å². The summed E-state index contributed by atoms with van der Waals surface area (Å²) < 4.78 is 50.2. The van der Waals surface area contributed by atoms with Gasteiger partial charge < -0.3 is 30.1 Å². The fourth-order valence-electron chi connectivity index (χ4n) is 5.08. The Hall–Kier alpha value is -4.27. The number of carbonyl (C=O) groups is 3. The highest BCUT2D eigenvalue weighted by molar-refractivity contribution is 7.86. The van der Waals surface area contributed by atoms with Crippen molar-refractivity contribution in [2.45, 2.75) is 24.3 Å². The molecule has 0 saturated carbocycles. The highest BCUT2D eigenvalue weighted by Crippen LogP contribution is 2.38. The molecule has 4 N–H and O–H groups in total. The largest absolute Gasteiger partial charge is 0.480 e. The zero-order valence-corrected chi connectivity index (χ0v) is 23.4. The molecule has 0 bridgehead atoms. The number of halogens is 1. The molecule has 12 nitrogen and oxygen atoms in total. The molecule has 1 aliphatic carbocycles. The number of morpholine rings is 1. The topological polar surface area (TPSA) is 174 Å². The summed E-state index contributed by atoms with van der Waals surface area (Å²) in [6, 6.07) is 12.3. The van der Waals surface area contributed by atoms with Gasteiger partial charge in [0.1, 0.15) is 11.2 Å². The maximum atomic E-state index is 13.0. The molecule has 2 aromatic carbocycles. The molecule has 3 aliphatic rings. The second-order valence-electron chi connectivity index (χ2n) is 10.0. The average molecular weight is 604 g/mol. The van der Waals surface area contributed by atoms with Crippen LogP contribution in [0.5, 0.6) is 0 Å². The Kier molecular flexibility index (Phi) is 8.99. The van der Waals surface area contributed by atoms with E-state index in [4.69, 9.17) is 9.84 Å². The summed E-state index contributed by atoms with van der Waals surface area (Å²) in [4.78, 5) is 37.8. The van der Waals surface area contributed by atoms with Gasteiger partial charge in [-0.3, -0.25) is 14.1 Å². The molecule has 42 heavy (non-hydrogen) atoms. The highest BCUT2D eigenvalue weighted by atomic mass is 32.2. The van der Waals surface area contributed by atoms with E-state index in [1.807, 2.05) is 12.1 Å². The summed E-state index contributed by atoms with van der Waals surface area (Å²) in [5.41, 5.74) is -0.406. The van der Waals surface area contributed by atoms with Gasteiger partial charge in [-0.15, -0.1) is 0 Å². The number of hydrogen-bond acceptors (Lipinski definition) is 8. The molecular formula is C28H30FN3O9S. The Morgan fingerprint density at radius 3 is 2.17 bits per heavy atom. The predicted molar refractivity (Wildman–Crippen MR) is 150 cm³/mol. The minimum atomic E-state index is -4.40. The number of ether oxygens (including phenoxy) is 1.